The summed E-state index contributed by atoms with van der Waals surface area (Å²) in [4.78, 5) is 22.3. The van der Waals surface area contributed by atoms with Crippen LogP contribution in [-0.2, 0) is 0 Å². The van der Waals surface area contributed by atoms with E-state index in [0.29, 0.717) is 11.3 Å². The normalized spacial score (nSPS) is 10.4. The highest BCUT2D eigenvalue weighted by Gasteiger charge is 2.09. The number of carbonyl (C=O) groups is 1. The van der Waals surface area contributed by atoms with Crippen LogP contribution < -0.4 is 5.32 Å². The van der Waals surface area contributed by atoms with E-state index < -0.39 is 4.92 Å². The Morgan fingerprint density at radius 2 is 1.75 bits per heavy atom. The van der Waals surface area contributed by atoms with E-state index in [0.717, 1.165) is 11.4 Å². The number of nitrogens with one attached hydrogen (secondary N) is 1. The summed E-state index contributed by atoms with van der Waals surface area (Å²) in [5, 5.41) is 17.7. The van der Waals surface area contributed by atoms with Crippen molar-refractivity contribution in [3.63, 3.8) is 0 Å². The lowest BCUT2D eigenvalue weighted by molar-refractivity contribution is -0.384. The fourth-order valence-corrected chi connectivity index (χ4v) is 2.19. The Morgan fingerprint density at radius 1 is 1.08 bits per heavy atom. The molecule has 1 heterocycles. The van der Waals surface area contributed by atoms with Crippen molar-refractivity contribution in [1.29, 1.82) is 0 Å². The van der Waals surface area contributed by atoms with Crippen molar-refractivity contribution in [2.24, 2.45) is 0 Å². The minimum Gasteiger partial charge on any atom is -0.322 e. The van der Waals surface area contributed by atoms with Crippen molar-refractivity contribution in [1.82, 2.24) is 9.78 Å². The average molecular weight is 322 g/mol. The third-order valence-electron chi connectivity index (χ3n) is 3.45. The number of amides is 1. The van der Waals surface area contributed by atoms with Crippen LogP contribution in [0.4, 0.5) is 11.4 Å². The molecular weight excluding hydrogens is 308 g/mol. The van der Waals surface area contributed by atoms with E-state index in [-0.39, 0.29) is 11.6 Å². The van der Waals surface area contributed by atoms with Crippen molar-refractivity contribution in [2.75, 3.05) is 5.32 Å². The van der Waals surface area contributed by atoms with Gasteiger partial charge in [-0.1, -0.05) is 0 Å². The van der Waals surface area contributed by atoms with Gasteiger partial charge in [0.05, 0.1) is 16.3 Å². The van der Waals surface area contributed by atoms with Crippen molar-refractivity contribution in [3.05, 3.63) is 82.2 Å². The summed E-state index contributed by atoms with van der Waals surface area (Å²) in [6, 6.07) is 14.6. The van der Waals surface area contributed by atoms with E-state index in [1.807, 2.05) is 31.3 Å². The Bertz CT molecular complexity index is 883. The molecule has 0 aliphatic rings. The molecule has 3 aromatic rings. The summed E-state index contributed by atoms with van der Waals surface area (Å²) in [5.74, 6) is -0.326. The van der Waals surface area contributed by atoms with Gasteiger partial charge >= 0.3 is 0 Å². The molecule has 7 nitrogen and oxygen atoms in total. The molecule has 0 atom stereocenters. The van der Waals surface area contributed by atoms with Gasteiger partial charge in [-0.2, -0.15) is 5.10 Å². The lowest BCUT2D eigenvalue weighted by Gasteiger charge is -2.07. The first-order valence-electron chi connectivity index (χ1n) is 7.21. The van der Waals surface area contributed by atoms with Crippen LogP contribution in [-0.4, -0.2) is 20.6 Å². The molecular formula is C17H14N4O3. The van der Waals surface area contributed by atoms with Gasteiger partial charge in [0.2, 0.25) is 0 Å². The zero-order chi connectivity index (χ0) is 17.1. The molecule has 0 fully saturated rings. The van der Waals surface area contributed by atoms with Gasteiger partial charge < -0.3 is 5.32 Å². The topological polar surface area (TPSA) is 90.1 Å². The highest BCUT2D eigenvalue weighted by Crippen LogP contribution is 2.16. The Hall–Kier alpha value is -3.48. The largest absolute Gasteiger partial charge is 0.322 e. The molecule has 0 spiro atoms. The molecule has 1 N–H and O–H groups in total. The van der Waals surface area contributed by atoms with Crippen LogP contribution >= 0.6 is 0 Å². The highest BCUT2D eigenvalue weighted by molar-refractivity contribution is 6.04. The molecule has 2 aromatic carbocycles. The molecule has 0 unspecified atom stereocenters. The SMILES string of the molecule is Cc1ccn(-c2ccc(NC(=O)c3ccc([N+](=O)[O-])cc3)cc2)n1. The Labute approximate surface area is 137 Å². The molecule has 0 radical (unpaired) electrons. The van der Waals surface area contributed by atoms with Crippen molar-refractivity contribution in [3.8, 4) is 5.69 Å². The fourth-order valence-electron chi connectivity index (χ4n) is 2.19. The molecule has 24 heavy (non-hydrogen) atoms. The number of carbonyl (C=O) groups excluding carboxylic acids is 1. The number of hydrogen-bond acceptors (Lipinski definition) is 4. The second-order valence-corrected chi connectivity index (χ2v) is 5.21. The van der Waals surface area contributed by atoms with E-state index in [1.165, 1.54) is 24.3 Å². The maximum atomic E-state index is 12.2. The predicted octanol–water partition coefficient (Wildman–Crippen LogP) is 3.34. The summed E-state index contributed by atoms with van der Waals surface area (Å²) in [6.07, 6.45) is 1.86. The summed E-state index contributed by atoms with van der Waals surface area (Å²) >= 11 is 0. The standard InChI is InChI=1S/C17H14N4O3/c1-12-10-11-20(19-12)15-8-4-14(5-9-15)18-17(22)13-2-6-16(7-3-13)21(23)24/h2-11H,1H3,(H,18,22). The van der Waals surface area contributed by atoms with Crippen LogP contribution in [0.25, 0.3) is 5.69 Å². The van der Waals surface area contributed by atoms with Crippen LogP contribution in [0.3, 0.4) is 0 Å². The molecule has 1 aromatic heterocycles. The quantitative estimate of drug-likeness (QED) is 0.589. The van der Waals surface area contributed by atoms with Crippen molar-refractivity contribution < 1.29 is 9.72 Å². The third-order valence-corrected chi connectivity index (χ3v) is 3.45. The minimum atomic E-state index is -0.503. The van der Waals surface area contributed by atoms with Gasteiger partial charge in [-0.15, -0.1) is 0 Å². The van der Waals surface area contributed by atoms with E-state index in [1.54, 1.807) is 16.8 Å². The Balaban J connectivity index is 1.71. The van der Waals surface area contributed by atoms with E-state index in [9.17, 15) is 14.9 Å². The summed E-state index contributed by atoms with van der Waals surface area (Å²) in [6.45, 7) is 1.91. The first-order chi connectivity index (χ1) is 11.5. The van der Waals surface area contributed by atoms with Gasteiger partial charge in [-0.25, -0.2) is 4.68 Å². The van der Waals surface area contributed by atoms with Gasteiger partial charge in [0.1, 0.15) is 0 Å². The van der Waals surface area contributed by atoms with Gasteiger partial charge in [-0.05, 0) is 49.4 Å². The average Bonchev–Trinajstić information content (AvgIpc) is 3.02. The van der Waals surface area contributed by atoms with Crippen LogP contribution in [0.5, 0.6) is 0 Å². The maximum absolute atomic E-state index is 12.2. The number of nitrogens with zero attached hydrogens (tertiary/aromatic N) is 3. The summed E-state index contributed by atoms with van der Waals surface area (Å²) in [7, 11) is 0. The highest BCUT2D eigenvalue weighted by atomic mass is 16.6. The first kappa shape index (κ1) is 15.4. The number of hydrogen-bond donors (Lipinski definition) is 1. The number of nitro groups is 1. The van der Waals surface area contributed by atoms with E-state index in [4.69, 9.17) is 0 Å². The molecule has 1 amide bonds. The molecule has 0 saturated heterocycles. The van der Waals surface area contributed by atoms with Crippen molar-refractivity contribution >= 4 is 17.3 Å². The lowest BCUT2D eigenvalue weighted by atomic mass is 10.2. The first-order valence-corrected chi connectivity index (χ1v) is 7.21. The van der Waals surface area contributed by atoms with Crippen LogP contribution in [0, 0.1) is 17.0 Å². The molecule has 7 heteroatoms. The van der Waals surface area contributed by atoms with Crippen LogP contribution in [0.2, 0.25) is 0 Å². The molecule has 0 aliphatic heterocycles. The minimum absolute atomic E-state index is 0.0505. The molecule has 0 bridgehead atoms. The molecule has 120 valence electrons. The van der Waals surface area contributed by atoms with Gasteiger partial charge in [0.25, 0.3) is 11.6 Å². The maximum Gasteiger partial charge on any atom is 0.269 e. The zero-order valence-electron chi connectivity index (χ0n) is 12.8. The van der Waals surface area contributed by atoms with Gasteiger partial charge in [0, 0.05) is 29.6 Å². The smallest absolute Gasteiger partial charge is 0.269 e. The predicted molar refractivity (Wildman–Crippen MR) is 89.4 cm³/mol. The summed E-state index contributed by atoms with van der Waals surface area (Å²) < 4.78 is 1.75. The number of anilines is 1. The number of benzene rings is 2. The number of aromatic nitrogens is 2. The van der Waals surface area contributed by atoms with Crippen molar-refractivity contribution in [2.45, 2.75) is 6.92 Å². The van der Waals surface area contributed by atoms with E-state index >= 15 is 0 Å². The molecule has 0 saturated carbocycles. The molecule has 0 aliphatic carbocycles. The monoisotopic (exact) mass is 322 g/mol. The number of non-ortho nitro benzene ring substituents is 1. The third kappa shape index (κ3) is 3.30. The van der Waals surface area contributed by atoms with Gasteiger partial charge in [-0.3, -0.25) is 14.9 Å². The van der Waals surface area contributed by atoms with Crippen LogP contribution in [0.1, 0.15) is 16.1 Å². The van der Waals surface area contributed by atoms with E-state index in [2.05, 4.69) is 10.4 Å². The van der Waals surface area contributed by atoms with Crippen LogP contribution in [0.15, 0.2) is 60.8 Å². The lowest BCUT2D eigenvalue weighted by Crippen LogP contribution is -2.11. The number of nitro benzene ring substituents is 1. The summed E-state index contributed by atoms with van der Waals surface area (Å²) in [5.41, 5.74) is 2.74. The Kier molecular flexibility index (Phi) is 4.07. The number of aryl methyl sites for hydroxylation is 1. The zero-order valence-corrected chi connectivity index (χ0v) is 12.8. The fraction of sp³-hybridized carbons (Fsp3) is 0.0588. The Morgan fingerprint density at radius 3 is 2.29 bits per heavy atom. The second kappa shape index (κ2) is 6.33. The second-order valence-electron chi connectivity index (χ2n) is 5.21. The van der Waals surface area contributed by atoms with Gasteiger partial charge in [0.15, 0.2) is 0 Å². The molecule has 3 rings (SSSR count). The number of rotatable bonds is 4.